The van der Waals surface area contributed by atoms with Crippen LogP contribution < -0.4 is 10.2 Å². The van der Waals surface area contributed by atoms with E-state index in [1.54, 1.807) is 25.4 Å². The van der Waals surface area contributed by atoms with Crippen molar-refractivity contribution in [1.29, 1.82) is 0 Å². The second-order valence-electron chi connectivity index (χ2n) is 10.4. The normalized spacial score (nSPS) is 29.3. The quantitative estimate of drug-likeness (QED) is 0.661. The highest BCUT2D eigenvalue weighted by molar-refractivity contribution is 5.98. The van der Waals surface area contributed by atoms with E-state index in [2.05, 4.69) is 11.0 Å². The van der Waals surface area contributed by atoms with Crippen LogP contribution in [0.5, 0.6) is 5.75 Å². The third-order valence-electron chi connectivity index (χ3n) is 8.55. The van der Waals surface area contributed by atoms with Crippen molar-refractivity contribution in [3.8, 4) is 5.75 Å². The molecule has 2 bridgehead atoms. The Kier molecular flexibility index (Phi) is 5.09. The Morgan fingerprint density at radius 2 is 2.03 bits per heavy atom. The van der Waals surface area contributed by atoms with Gasteiger partial charge in [0, 0.05) is 43.8 Å². The summed E-state index contributed by atoms with van der Waals surface area (Å²) < 4.78 is 7.20. The van der Waals surface area contributed by atoms with Crippen molar-refractivity contribution in [2.75, 3.05) is 26.7 Å². The predicted octanol–water partition coefficient (Wildman–Crippen LogP) is 3.58. The molecule has 0 unspecified atom stereocenters. The number of rotatable bonds is 2. The minimum Gasteiger partial charge on any atom is -0.497 e. The minimum atomic E-state index is -0.180. The summed E-state index contributed by atoms with van der Waals surface area (Å²) in [5.74, 6) is 1.70. The zero-order valence-corrected chi connectivity index (χ0v) is 19.6. The van der Waals surface area contributed by atoms with Crippen LogP contribution in [-0.4, -0.2) is 59.1 Å². The van der Waals surface area contributed by atoms with Gasteiger partial charge in [-0.15, -0.1) is 0 Å². The van der Waals surface area contributed by atoms with E-state index in [1.807, 2.05) is 22.6 Å². The van der Waals surface area contributed by atoms with Gasteiger partial charge in [0.2, 0.25) is 5.43 Å². The lowest BCUT2D eigenvalue weighted by atomic mass is 9.68. The summed E-state index contributed by atoms with van der Waals surface area (Å²) in [5, 5.41) is 0.564. The molecule has 3 fully saturated rings. The fraction of sp³-hybridized carbons (Fsp3) is 0.556. The van der Waals surface area contributed by atoms with Gasteiger partial charge in [0.05, 0.1) is 18.7 Å². The molecule has 2 aromatic rings. The summed E-state index contributed by atoms with van der Waals surface area (Å²) in [6, 6.07) is 6.25. The summed E-state index contributed by atoms with van der Waals surface area (Å²) >= 11 is 0. The highest BCUT2D eigenvalue weighted by Gasteiger charge is 2.47. The third-order valence-corrected chi connectivity index (χ3v) is 8.55. The van der Waals surface area contributed by atoms with E-state index in [4.69, 9.17) is 4.74 Å². The number of aromatic nitrogens is 1. The molecule has 4 heterocycles. The van der Waals surface area contributed by atoms with E-state index in [-0.39, 0.29) is 22.9 Å². The van der Waals surface area contributed by atoms with E-state index in [0.717, 1.165) is 31.4 Å². The number of hydrogen-bond donors (Lipinski definition) is 0. The van der Waals surface area contributed by atoms with E-state index >= 15 is 0 Å². The Hall–Kier alpha value is -2.60. The first-order chi connectivity index (χ1) is 16.0. The number of fused-ring (bicyclic) bond motifs is 7. The molecule has 0 saturated carbocycles. The van der Waals surface area contributed by atoms with E-state index in [9.17, 15) is 9.59 Å². The average molecular weight is 448 g/mol. The number of likely N-dealkylation sites (tertiary alicyclic amines) is 1. The molecule has 0 N–H and O–H groups in total. The molecule has 4 aliphatic rings. The molecule has 174 valence electrons. The number of carbonyl (C=O) groups is 1. The molecule has 1 aromatic heterocycles. The fourth-order valence-electron chi connectivity index (χ4n) is 7.10. The van der Waals surface area contributed by atoms with Crippen molar-refractivity contribution in [3.05, 3.63) is 51.8 Å². The van der Waals surface area contributed by atoms with E-state index in [0.29, 0.717) is 29.0 Å². The molecule has 3 aliphatic heterocycles. The molecule has 6 heteroatoms. The lowest BCUT2D eigenvalue weighted by Gasteiger charge is -2.54. The number of benzene rings is 1. The van der Waals surface area contributed by atoms with Crippen LogP contribution in [0.15, 0.2) is 40.8 Å². The van der Waals surface area contributed by atoms with Gasteiger partial charge in [-0.3, -0.25) is 14.5 Å². The van der Waals surface area contributed by atoms with Crippen LogP contribution in [0.1, 0.15) is 48.9 Å². The Labute approximate surface area is 194 Å². The molecule has 4 atom stereocenters. The van der Waals surface area contributed by atoms with Crippen LogP contribution >= 0.6 is 0 Å². The summed E-state index contributed by atoms with van der Waals surface area (Å²) in [5.41, 5.74) is 2.33. The number of pyridine rings is 1. The van der Waals surface area contributed by atoms with Crippen LogP contribution in [0.25, 0.3) is 10.9 Å². The van der Waals surface area contributed by atoms with Crippen LogP contribution in [0.4, 0.5) is 0 Å². The van der Waals surface area contributed by atoms with Gasteiger partial charge in [-0.05, 0) is 62.6 Å². The molecule has 33 heavy (non-hydrogen) atoms. The number of carbonyl (C=O) groups excluding carboxylic acids is 1. The minimum absolute atomic E-state index is 0.108. The van der Waals surface area contributed by atoms with Crippen LogP contribution in [-0.2, 0) is 7.05 Å². The molecule has 1 aromatic carbocycles. The molecule has 3 saturated heterocycles. The lowest BCUT2D eigenvalue weighted by Crippen LogP contribution is -2.60. The largest absolute Gasteiger partial charge is 0.497 e. The lowest BCUT2D eigenvalue weighted by molar-refractivity contribution is 0.00142. The smallest absolute Gasteiger partial charge is 0.259 e. The number of piperidine rings is 3. The number of amides is 1. The average Bonchev–Trinajstić information content (AvgIpc) is 2.85. The van der Waals surface area contributed by atoms with Crippen molar-refractivity contribution in [1.82, 2.24) is 14.4 Å². The standard InChI is InChI=1S/C27H33N3O3/c1-28-16-22(26(31)21-9-8-20(33-2)14-24(21)28)27(32)30-11-5-6-17-12-18-13-19(25(17)30)15-29-10-4-3-7-23(18)29/h8-9,12,14,16,18-19,23,25H,3-7,10-11,13,15H2,1-2H3/t18-,19-,23+,25+/m0/s1. The molecule has 6 nitrogen and oxygen atoms in total. The first-order valence-corrected chi connectivity index (χ1v) is 12.5. The molecule has 6 rings (SSSR count). The van der Waals surface area contributed by atoms with Crippen molar-refractivity contribution in [3.63, 3.8) is 0 Å². The predicted molar refractivity (Wildman–Crippen MR) is 129 cm³/mol. The summed E-state index contributed by atoms with van der Waals surface area (Å²) in [6.07, 6.45) is 11.4. The Morgan fingerprint density at radius 1 is 1.15 bits per heavy atom. The van der Waals surface area contributed by atoms with Crippen molar-refractivity contribution in [2.24, 2.45) is 18.9 Å². The zero-order valence-electron chi connectivity index (χ0n) is 19.6. The number of aryl methyl sites for hydroxylation is 1. The van der Waals surface area contributed by atoms with E-state index < -0.39 is 0 Å². The van der Waals surface area contributed by atoms with Gasteiger partial charge in [0.15, 0.2) is 0 Å². The van der Waals surface area contributed by atoms with Crippen LogP contribution in [0, 0.1) is 11.8 Å². The van der Waals surface area contributed by atoms with Crippen molar-refractivity contribution >= 4 is 16.8 Å². The molecule has 0 spiro atoms. The van der Waals surface area contributed by atoms with Crippen LogP contribution in [0.3, 0.4) is 0 Å². The SMILES string of the molecule is COc1ccc2c(=O)c(C(=O)N3CCCC4=C[C@H]5C[C@@H](CN6CCCC[C@H]56)[C@@H]43)cn(C)c2c1. The van der Waals surface area contributed by atoms with Gasteiger partial charge < -0.3 is 14.2 Å². The Bertz CT molecular complexity index is 1200. The number of ether oxygens (including phenoxy) is 1. The Morgan fingerprint density at radius 3 is 2.88 bits per heavy atom. The van der Waals surface area contributed by atoms with Gasteiger partial charge in [-0.25, -0.2) is 0 Å². The molecule has 1 aliphatic carbocycles. The molecular formula is C27H33N3O3. The highest BCUT2D eigenvalue weighted by atomic mass is 16.5. The summed E-state index contributed by atoms with van der Waals surface area (Å²) in [4.78, 5) is 32.0. The van der Waals surface area contributed by atoms with Gasteiger partial charge in [-0.1, -0.05) is 18.1 Å². The second-order valence-corrected chi connectivity index (χ2v) is 10.4. The maximum atomic E-state index is 13.9. The van der Waals surface area contributed by atoms with Gasteiger partial charge >= 0.3 is 0 Å². The van der Waals surface area contributed by atoms with Gasteiger partial charge in [-0.2, -0.15) is 0 Å². The summed E-state index contributed by atoms with van der Waals surface area (Å²) in [6.45, 7) is 3.01. The Balaban J connectivity index is 1.37. The van der Waals surface area contributed by atoms with Crippen molar-refractivity contribution < 1.29 is 9.53 Å². The second kappa shape index (κ2) is 8.01. The first kappa shape index (κ1) is 21.0. The maximum Gasteiger partial charge on any atom is 0.259 e. The van der Waals surface area contributed by atoms with Crippen LogP contribution in [0.2, 0.25) is 0 Å². The maximum absolute atomic E-state index is 13.9. The fourth-order valence-corrected chi connectivity index (χ4v) is 7.10. The molecule has 1 amide bonds. The number of nitrogens with zero attached hydrogens (tertiary/aromatic N) is 3. The van der Waals surface area contributed by atoms with Gasteiger partial charge in [0.25, 0.3) is 5.91 Å². The monoisotopic (exact) mass is 447 g/mol. The van der Waals surface area contributed by atoms with Crippen molar-refractivity contribution in [2.45, 2.75) is 50.6 Å². The zero-order chi connectivity index (χ0) is 22.7. The first-order valence-electron chi connectivity index (χ1n) is 12.5. The summed E-state index contributed by atoms with van der Waals surface area (Å²) in [7, 11) is 3.51. The third kappa shape index (κ3) is 3.33. The molecular weight excluding hydrogens is 414 g/mol. The van der Waals surface area contributed by atoms with Gasteiger partial charge in [0.1, 0.15) is 11.3 Å². The molecule has 0 radical (unpaired) electrons. The highest BCUT2D eigenvalue weighted by Crippen LogP contribution is 2.45. The number of hydrogen-bond acceptors (Lipinski definition) is 4. The number of methoxy groups -OCH3 is 1. The topological polar surface area (TPSA) is 54.8 Å². The van der Waals surface area contributed by atoms with E-state index in [1.165, 1.54) is 37.8 Å².